The molecule has 0 fully saturated rings. The topological polar surface area (TPSA) is 57.6 Å². The first-order valence-electron chi connectivity index (χ1n) is 5.00. The van der Waals surface area contributed by atoms with Crippen molar-refractivity contribution in [2.45, 2.75) is 31.1 Å². The molecule has 0 amide bonds. The van der Waals surface area contributed by atoms with Gasteiger partial charge in [-0.25, -0.2) is 0 Å². The summed E-state index contributed by atoms with van der Waals surface area (Å²) in [6.45, 7) is 1.90. The van der Waals surface area contributed by atoms with Crippen LogP contribution in [0.4, 0.5) is 0 Å². The predicted molar refractivity (Wildman–Crippen MR) is 60.1 cm³/mol. The molecule has 2 atom stereocenters. The van der Waals surface area contributed by atoms with Crippen LogP contribution in [0.3, 0.4) is 0 Å². The number of likely N-dealkylation sites (N-methyl/N-ethyl adjacent to an activating group) is 1. The first kappa shape index (κ1) is 12.3. The Kier molecular flexibility index (Phi) is 3.93. The maximum absolute atomic E-state index is 11.2. The number of hydrogen-bond acceptors (Lipinski definition) is 3. The Bertz CT molecular complexity index is 359. The van der Waals surface area contributed by atoms with Crippen LogP contribution in [0.5, 0.6) is 0 Å². The fourth-order valence-corrected chi connectivity index (χ4v) is 2.93. The summed E-state index contributed by atoms with van der Waals surface area (Å²) in [4.78, 5) is 1.80. The van der Waals surface area contributed by atoms with Gasteiger partial charge < -0.3 is 4.90 Å². The van der Waals surface area contributed by atoms with E-state index in [-0.39, 0.29) is 6.04 Å². The van der Waals surface area contributed by atoms with Crippen LogP contribution in [0.15, 0.2) is 24.4 Å². The highest BCUT2D eigenvalue weighted by Crippen LogP contribution is 2.19. The molecule has 4 nitrogen and oxygen atoms in total. The molecule has 1 rings (SSSR count). The quantitative estimate of drug-likeness (QED) is 0.744. The molecule has 0 radical (unpaired) electrons. The summed E-state index contributed by atoms with van der Waals surface area (Å²) in [5, 5.41) is -0.742. The standard InChI is InChI=1S/C10H17NO3S/c1-3-6-10(15(12,13)14)9-7-4-5-8-11(9)2/h4-5,7-10H,3,6H2,1-2H3,(H,12,13,14). The molecular formula is C10H17NO3S. The van der Waals surface area contributed by atoms with Crippen molar-refractivity contribution in [2.24, 2.45) is 0 Å². The molecule has 5 heteroatoms. The van der Waals surface area contributed by atoms with Crippen LogP contribution in [0.25, 0.3) is 0 Å². The molecule has 0 aromatic heterocycles. The highest BCUT2D eigenvalue weighted by Gasteiger charge is 2.32. The van der Waals surface area contributed by atoms with Crippen molar-refractivity contribution in [1.29, 1.82) is 0 Å². The summed E-state index contributed by atoms with van der Waals surface area (Å²) in [5.41, 5.74) is 0. The van der Waals surface area contributed by atoms with Gasteiger partial charge in [0, 0.05) is 7.05 Å². The highest BCUT2D eigenvalue weighted by molar-refractivity contribution is 7.86. The third kappa shape index (κ3) is 3.07. The van der Waals surface area contributed by atoms with Crippen molar-refractivity contribution in [2.75, 3.05) is 7.05 Å². The summed E-state index contributed by atoms with van der Waals surface area (Å²) >= 11 is 0. The Labute approximate surface area is 91.0 Å². The predicted octanol–water partition coefficient (Wildman–Crippen LogP) is 1.43. The van der Waals surface area contributed by atoms with Gasteiger partial charge in [0.2, 0.25) is 0 Å². The SMILES string of the molecule is CCCC(C1C=CC=CN1C)S(=O)(=O)O. The van der Waals surface area contributed by atoms with E-state index in [4.69, 9.17) is 4.55 Å². The van der Waals surface area contributed by atoms with Gasteiger partial charge in [0.15, 0.2) is 0 Å². The van der Waals surface area contributed by atoms with E-state index in [0.717, 1.165) is 6.42 Å². The van der Waals surface area contributed by atoms with Gasteiger partial charge in [0.05, 0.1) is 6.04 Å². The second-order valence-electron chi connectivity index (χ2n) is 3.72. The Balaban J connectivity index is 2.90. The average Bonchev–Trinajstić information content (AvgIpc) is 2.14. The van der Waals surface area contributed by atoms with E-state index < -0.39 is 15.4 Å². The van der Waals surface area contributed by atoms with Crippen molar-refractivity contribution in [3.63, 3.8) is 0 Å². The van der Waals surface area contributed by atoms with Crippen molar-refractivity contribution in [3.8, 4) is 0 Å². The van der Waals surface area contributed by atoms with E-state index in [1.165, 1.54) is 0 Å². The Morgan fingerprint density at radius 3 is 2.60 bits per heavy atom. The molecule has 0 aromatic rings. The normalized spacial score (nSPS) is 23.1. The van der Waals surface area contributed by atoms with Gasteiger partial charge in [-0.3, -0.25) is 4.55 Å². The maximum Gasteiger partial charge on any atom is 0.270 e. The zero-order valence-electron chi connectivity index (χ0n) is 9.00. The van der Waals surface area contributed by atoms with E-state index in [1.54, 1.807) is 30.3 Å². The van der Waals surface area contributed by atoms with Gasteiger partial charge in [0.1, 0.15) is 5.25 Å². The van der Waals surface area contributed by atoms with Gasteiger partial charge in [-0.15, -0.1) is 0 Å². The van der Waals surface area contributed by atoms with Crippen molar-refractivity contribution < 1.29 is 13.0 Å². The van der Waals surface area contributed by atoms with Crippen LogP contribution in [-0.4, -0.2) is 36.2 Å². The van der Waals surface area contributed by atoms with Crippen LogP contribution in [0, 0.1) is 0 Å². The molecule has 0 saturated heterocycles. The van der Waals surface area contributed by atoms with Crippen molar-refractivity contribution >= 4 is 10.1 Å². The zero-order valence-corrected chi connectivity index (χ0v) is 9.81. The second-order valence-corrected chi connectivity index (χ2v) is 5.36. The molecule has 0 aliphatic carbocycles. The van der Waals surface area contributed by atoms with Crippen LogP contribution in [0.1, 0.15) is 19.8 Å². The molecule has 1 aliphatic heterocycles. The van der Waals surface area contributed by atoms with Crippen LogP contribution >= 0.6 is 0 Å². The van der Waals surface area contributed by atoms with Gasteiger partial charge in [-0.2, -0.15) is 8.42 Å². The lowest BCUT2D eigenvalue weighted by molar-refractivity contribution is 0.338. The molecule has 1 N–H and O–H groups in total. The number of nitrogens with zero attached hydrogens (tertiary/aromatic N) is 1. The van der Waals surface area contributed by atoms with Gasteiger partial charge in [-0.05, 0) is 18.7 Å². The minimum absolute atomic E-state index is 0.273. The van der Waals surface area contributed by atoms with E-state index >= 15 is 0 Å². The lowest BCUT2D eigenvalue weighted by Gasteiger charge is -2.31. The molecule has 0 spiro atoms. The maximum atomic E-state index is 11.2. The third-order valence-corrected chi connectivity index (χ3v) is 3.83. The number of hydrogen-bond donors (Lipinski definition) is 1. The monoisotopic (exact) mass is 231 g/mol. The second kappa shape index (κ2) is 4.81. The Morgan fingerprint density at radius 1 is 1.47 bits per heavy atom. The van der Waals surface area contributed by atoms with Crippen LogP contribution in [0.2, 0.25) is 0 Å². The van der Waals surface area contributed by atoms with Crippen LogP contribution in [-0.2, 0) is 10.1 Å². The summed E-state index contributed by atoms with van der Waals surface area (Å²) in [6, 6.07) is -0.273. The molecule has 2 unspecified atom stereocenters. The Hall–Kier alpha value is -0.810. The lowest BCUT2D eigenvalue weighted by atomic mass is 10.1. The number of rotatable bonds is 4. The molecule has 1 aliphatic rings. The van der Waals surface area contributed by atoms with E-state index in [0.29, 0.717) is 6.42 Å². The molecule has 0 bridgehead atoms. The van der Waals surface area contributed by atoms with Crippen molar-refractivity contribution in [3.05, 3.63) is 24.4 Å². The summed E-state index contributed by atoms with van der Waals surface area (Å²) < 4.78 is 31.6. The minimum Gasteiger partial charge on any atom is -0.373 e. The molecule has 1 heterocycles. The van der Waals surface area contributed by atoms with Gasteiger partial charge in [-0.1, -0.05) is 25.5 Å². The first-order chi connectivity index (χ1) is 6.96. The molecule has 0 aromatic carbocycles. The van der Waals surface area contributed by atoms with E-state index in [9.17, 15) is 8.42 Å². The lowest BCUT2D eigenvalue weighted by Crippen LogP contribution is -2.42. The smallest absolute Gasteiger partial charge is 0.270 e. The third-order valence-electron chi connectivity index (χ3n) is 2.55. The highest BCUT2D eigenvalue weighted by atomic mass is 32.2. The largest absolute Gasteiger partial charge is 0.373 e. The van der Waals surface area contributed by atoms with E-state index in [1.807, 2.05) is 13.0 Å². The molecule has 86 valence electrons. The van der Waals surface area contributed by atoms with Gasteiger partial charge >= 0.3 is 0 Å². The minimum atomic E-state index is -3.99. The van der Waals surface area contributed by atoms with Gasteiger partial charge in [0.25, 0.3) is 10.1 Å². The fraction of sp³-hybridized carbons (Fsp3) is 0.600. The van der Waals surface area contributed by atoms with E-state index in [2.05, 4.69) is 0 Å². The fourth-order valence-electron chi connectivity index (χ4n) is 1.77. The summed E-state index contributed by atoms with van der Waals surface area (Å²) in [7, 11) is -2.18. The first-order valence-corrected chi connectivity index (χ1v) is 6.50. The summed E-state index contributed by atoms with van der Waals surface area (Å²) in [6.07, 6.45) is 8.44. The molecule has 0 saturated carbocycles. The zero-order chi connectivity index (χ0) is 11.5. The Morgan fingerprint density at radius 2 is 2.13 bits per heavy atom. The molecule has 15 heavy (non-hydrogen) atoms. The summed E-state index contributed by atoms with van der Waals surface area (Å²) in [5.74, 6) is 0. The number of allylic oxidation sites excluding steroid dienone is 2. The average molecular weight is 231 g/mol. The van der Waals surface area contributed by atoms with Crippen molar-refractivity contribution in [1.82, 2.24) is 4.90 Å². The van der Waals surface area contributed by atoms with Crippen LogP contribution < -0.4 is 0 Å². The molecular weight excluding hydrogens is 214 g/mol.